The van der Waals surface area contributed by atoms with Crippen molar-refractivity contribution in [3.05, 3.63) is 24.3 Å². The number of morpholine rings is 1. The summed E-state index contributed by atoms with van der Waals surface area (Å²) in [4.78, 5) is 15.9. The normalized spacial score (nSPS) is 26.8. The lowest BCUT2D eigenvalue weighted by atomic mass is 10.2. The Morgan fingerprint density at radius 3 is 2.21 bits per heavy atom. The summed E-state index contributed by atoms with van der Waals surface area (Å²) < 4.78 is 37.9. The van der Waals surface area contributed by atoms with Crippen molar-refractivity contribution < 1.29 is 27.6 Å². The highest BCUT2D eigenvalue weighted by Crippen LogP contribution is 2.20. The molecule has 2 aliphatic rings. The summed E-state index contributed by atoms with van der Waals surface area (Å²) in [6.45, 7) is 7.60. The Balaban J connectivity index is 1.55. The number of methoxy groups -OCH3 is 1. The predicted octanol–water partition coefficient (Wildman–Crippen LogP) is -0.780. The summed E-state index contributed by atoms with van der Waals surface area (Å²) in [5.41, 5.74) is 0. The van der Waals surface area contributed by atoms with Crippen LogP contribution in [0.5, 0.6) is 5.75 Å². The molecule has 0 radical (unpaired) electrons. The first-order valence-corrected chi connectivity index (χ1v) is 11.1. The first-order chi connectivity index (χ1) is 13.3. The molecule has 2 fully saturated rings. The molecule has 2 heterocycles. The molecule has 0 aliphatic carbocycles. The highest BCUT2D eigenvalue weighted by molar-refractivity contribution is 7.89. The van der Waals surface area contributed by atoms with Gasteiger partial charge in [-0.25, -0.2) is 8.42 Å². The molecular weight excluding hydrogens is 382 g/mol. The van der Waals surface area contributed by atoms with Crippen molar-refractivity contribution in [2.45, 2.75) is 31.0 Å². The van der Waals surface area contributed by atoms with E-state index < -0.39 is 10.0 Å². The zero-order valence-corrected chi connectivity index (χ0v) is 17.6. The number of quaternary nitrogens is 1. The average molecular weight is 413 g/mol. The fraction of sp³-hybridized carbons (Fsp3) is 0.632. The molecule has 1 amide bonds. The van der Waals surface area contributed by atoms with Gasteiger partial charge in [-0.15, -0.1) is 0 Å². The summed E-state index contributed by atoms with van der Waals surface area (Å²) in [7, 11) is -2.02. The number of hydrogen-bond acceptors (Lipinski definition) is 5. The monoisotopic (exact) mass is 412 g/mol. The highest BCUT2D eigenvalue weighted by Gasteiger charge is 2.33. The van der Waals surface area contributed by atoms with Crippen molar-refractivity contribution in [1.82, 2.24) is 9.21 Å². The fourth-order valence-electron chi connectivity index (χ4n) is 3.93. The van der Waals surface area contributed by atoms with Crippen molar-refractivity contribution in [1.29, 1.82) is 0 Å². The summed E-state index contributed by atoms with van der Waals surface area (Å²) in [6.07, 6.45) is 0.302. The van der Waals surface area contributed by atoms with E-state index in [1.165, 1.54) is 9.21 Å². The van der Waals surface area contributed by atoms with Crippen LogP contribution in [0.1, 0.15) is 13.8 Å². The largest absolute Gasteiger partial charge is 0.497 e. The molecule has 2 aliphatic heterocycles. The molecular formula is C19H30N3O5S+. The van der Waals surface area contributed by atoms with Crippen LogP contribution < -0.4 is 9.64 Å². The Kier molecular flexibility index (Phi) is 6.59. The number of carbonyl (C=O) groups excluding carboxylic acids is 1. The van der Waals surface area contributed by atoms with Gasteiger partial charge < -0.3 is 19.3 Å². The first kappa shape index (κ1) is 21.0. The van der Waals surface area contributed by atoms with Crippen LogP contribution in [-0.4, -0.2) is 88.7 Å². The number of sulfonamides is 1. The van der Waals surface area contributed by atoms with E-state index in [0.29, 0.717) is 38.5 Å². The van der Waals surface area contributed by atoms with Gasteiger partial charge in [0.15, 0.2) is 6.54 Å². The van der Waals surface area contributed by atoms with Crippen LogP contribution in [0.3, 0.4) is 0 Å². The molecule has 2 saturated heterocycles. The molecule has 1 aromatic rings. The molecule has 0 aromatic heterocycles. The van der Waals surface area contributed by atoms with Gasteiger partial charge in [-0.05, 0) is 38.1 Å². The minimum atomic E-state index is -3.56. The summed E-state index contributed by atoms with van der Waals surface area (Å²) in [5, 5.41) is 0. The number of piperazine rings is 1. The number of ether oxygens (including phenoxy) is 2. The second-order valence-electron chi connectivity index (χ2n) is 7.55. The molecule has 0 saturated carbocycles. The van der Waals surface area contributed by atoms with Gasteiger partial charge in [0, 0.05) is 26.2 Å². The SMILES string of the molecule is COc1ccc(S(=O)(=O)N2CCN(C(=O)C[NH+]3C[C@@H](C)O[C@@H](C)C3)CC2)cc1. The number of carbonyl (C=O) groups is 1. The van der Waals surface area contributed by atoms with E-state index in [4.69, 9.17) is 9.47 Å². The third kappa shape index (κ3) is 4.83. The maximum atomic E-state index is 12.8. The van der Waals surface area contributed by atoms with Crippen LogP contribution >= 0.6 is 0 Å². The third-order valence-corrected chi connectivity index (χ3v) is 7.22. The Hall–Kier alpha value is -1.68. The van der Waals surface area contributed by atoms with E-state index in [2.05, 4.69) is 0 Å². The van der Waals surface area contributed by atoms with E-state index in [-0.39, 0.29) is 23.0 Å². The van der Waals surface area contributed by atoms with Gasteiger partial charge in [0.2, 0.25) is 10.0 Å². The van der Waals surface area contributed by atoms with Crippen LogP contribution in [0.25, 0.3) is 0 Å². The molecule has 3 rings (SSSR count). The van der Waals surface area contributed by atoms with Crippen molar-refractivity contribution in [2.75, 3.05) is 52.9 Å². The Labute approximate surface area is 167 Å². The molecule has 1 aromatic carbocycles. The van der Waals surface area contributed by atoms with E-state index >= 15 is 0 Å². The van der Waals surface area contributed by atoms with Crippen molar-refractivity contribution in [3.8, 4) is 5.75 Å². The van der Waals surface area contributed by atoms with Crippen molar-refractivity contribution in [3.63, 3.8) is 0 Å². The molecule has 0 spiro atoms. The maximum Gasteiger partial charge on any atom is 0.277 e. The van der Waals surface area contributed by atoms with Gasteiger partial charge in [-0.3, -0.25) is 4.79 Å². The average Bonchev–Trinajstić information content (AvgIpc) is 2.67. The van der Waals surface area contributed by atoms with E-state index in [9.17, 15) is 13.2 Å². The standard InChI is InChI=1S/C19H29N3O5S/c1-15-12-20(13-16(2)27-15)14-19(23)21-8-10-22(11-9-21)28(24,25)18-6-4-17(26-3)5-7-18/h4-7,15-16H,8-14H2,1-3H3/p+1/t15-,16+. The number of nitrogens with one attached hydrogen (secondary N) is 1. The lowest BCUT2D eigenvalue weighted by Crippen LogP contribution is -3.16. The van der Waals surface area contributed by atoms with Gasteiger partial charge in [0.05, 0.1) is 12.0 Å². The van der Waals surface area contributed by atoms with Crippen molar-refractivity contribution in [2.24, 2.45) is 0 Å². The topological polar surface area (TPSA) is 80.6 Å². The van der Waals surface area contributed by atoms with Gasteiger partial charge in [-0.2, -0.15) is 4.31 Å². The zero-order valence-electron chi connectivity index (χ0n) is 16.8. The molecule has 9 heteroatoms. The molecule has 1 N–H and O–H groups in total. The van der Waals surface area contributed by atoms with Gasteiger partial charge in [0.1, 0.15) is 31.0 Å². The number of amides is 1. The van der Waals surface area contributed by atoms with Crippen LogP contribution in [0.4, 0.5) is 0 Å². The van der Waals surface area contributed by atoms with E-state index in [1.807, 2.05) is 13.8 Å². The van der Waals surface area contributed by atoms with Gasteiger partial charge in [-0.1, -0.05) is 0 Å². The first-order valence-electron chi connectivity index (χ1n) is 9.70. The molecule has 8 nitrogen and oxygen atoms in total. The maximum absolute atomic E-state index is 12.8. The van der Waals surface area contributed by atoms with Crippen molar-refractivity contribution >= 4 is 15.9 Å². The molecule has 3 atom stereocenters. The molecule has 156 valence electrons. The van der Waals surface area contributed by atoms with Crippen LogP contribution in [0.2, 0.25) is 0 Å². The Bertz CT molecular complexity index is 765. The van der Waals surface area contributed by atoms with Gasteiger partial charge >= 0.3 is 0 Å². The number of nitrogens with zero attached hydrogens (tertiary/aromatic N) is 2. The number of benzene rings is 1. The van der Waals surface area contributed by atoms with Gasteiger partial charge in [0.25, 0.3) is 5.91 Å². The minimum absolute atomic E-state index is 0.0813. The predicted molar refractivity (Wildman–Crippen MR) is 104 cm³/mol. The lowest BCUT2D eigenvalue weighted by Gasteiger charge is -2.36. The van der Waals surface area contributed by atoms with Crippen LogP contribution in [-0.2, 0) is 19.6 Å². The fourth-order valence-corrected chi connectivity index (χ4v) is 5.36. The van der Waals surface area contributed by atoms with Crippen LogP contribution in [0, 0.1) is 0 Å². The summed E-state index contributed by atoms with van der Waals surface area (Å²) >= 11 is 0. The smallest absolute Gasteiger partial charge is 0.277 e. The molecule has 1 unspecified atom stereocenters. The molecule has 0 bridgehead atoms. The van der Waals surface area contributed by atoms with E-state index in [0.717, 1.165) is 13.1 Å². The Morgan fingerprint density at radius 1 is 1.11 bits per heavy atom. The highest BCUT2D eigenvalue weighted by atomic mass is 32.2. The summed E-state index contributed by atoms with van der Waals surface area (Å²) in [5.74, 6) is 0.696. The second kappa shape index (κ2) is 8.77. The summed E-state index contributed by atoms with van der Waals surface area (Å²) in [6, 6.07) is 6.38. The number of rotatable bonds is 5. The Morgan fingerprint density at radius 2 is 1.68 bits per heavy atom. The van der Waals surface area contributed by atoms with E-state index in [1.54, 1.807) is 36.3 Å². The second-order valence-corrected chi connectivity index (χ2v) is 9.49. The minimum Gasteiger partial charge on any atom is -0.497 e. The molecule has 28 heavy (non-hydrogen) atoms. The number of hydrogen-bond donors (Lipinski definition) is 1. The quantitative estimate of drug-likeness (QED) is 0.686. The lowest BCUT2D eigenvalue weighted by molar-refractivity contribution is -0.907. The third-order valence-electron chi connectivity index (χ3n) is 5.31. The van der Waals surface area contributed by atoms with Crippen LogP contribution in [0.15, 0.2) is 29.2 Å². The zero-order chi connectivity index (χ0) is 20.3.